The number of nitrogens with zero attached hydrogens (tertiary/aromatic N) is 1. The average Bonchev–Trinajstić information content (AvgIpc) is 3.22. The van der Waals surface area contributed by atoms with Gasteiger partial charge in [-0.1, -0.05) is 18.2 Å². The number of H-pyrrole nitrogens is 1. The molecule has 0 amide bonds. The highest BCUT2D eigenvalue weighted by molar-refractivity contribution is 5.83. The Labute approximate surface area is 183 Å². The number of aryl methyl sites for hydroxylation is 1. The van der Waals surface area contributed by atoms with Gasteiger partial charge in [-0.05, 0) is 60.6 Å². The zero-order chi connectivity index (χ0) is 21.8. The number of aromatic nitrogens is 1. The third-order valence-corrected chi connectivity index (χ3v) is 6.27. The van der Waals surface area contributed by atoms with Crippen LogP contribution in [0.2, 0.25) is 0 Å². The number of nitrogens with one attached hydrogen (secondary N) is 1. The molecule has 2 aromatic carbocycles. The minimum atomic E-state index is -0.203. The molecule has 0 radical (unpaired) electrons. The van der Waals surface area contributed by atoms with Crippen LogP contribution >= 0.6 is 0 Å². The zero-order valence-electron chi connectivity index (χ0n) is 18.4. The summed E-state index contributed by atoms with van der Waals surface area (Å²) in [6.45, 7) is 1.11. The Morgan fingerprint density at radius 1 is 1.13 bits per heavy atom. The first-order valence-corrected chi connectivity index (χ1v) is 10.7. The molecule has 0 fully saturated rings. The molecule has 0 spiro atoms. The highest BCUT2D eigenvalue weighted by Crippen LogP contribution is 2.40. The van der Waals surface area contributed by atoms with Crippen molar-refractivity contribution in [3.05, 3.63) is 59.3 Å². The Morgan fingerprint density at radius 2 is 1.90 bits per heavy atom. The molecular weight excluding hydrogens is 392 g/mol. The van der Waals surface area contributed by atoms with Gasteiger partial charge in [-0.25, -0.2) is 0 Å². The van der Waals surface area contributed by atoms with E-state index in [1.54, 1.807) is 14.2 Å². The van der Waals surface area contributed by atoms with E-state index in [0.717, 1.165) is 43.7 Å². The lowest BCUT2D eigenvalue weighted by Crippen LogP contribution is -2.39. The number of para-hydroxylation sites is 1. The van der Waals surface area contributed by atoms with Crippen LogP contribution in [0.4, 0.5) is 0 Å². The van der Waals surface area contributed by atoms with Gasteiger partial charge < -0.3 is 19.2 Å². The van der Waals surface area contributed by atoms with Crippen LogP contribution < -0.4 is 9.47 Å². The van der Waals surface area contributed by atoms with E-state index in [9.17, 15) is 4.79 Å². The molecule has 0 bridgehead atoms. The molecule has 4 rings (SSSR count). The van der Waals surface area contributed by atoms with E-state index >= 15 is 0 Å². The number of fused-ring (bicyclic) bond motifs is 2. The molecule has 0 aliphatic carbocycles. The zero-order valence-corrected chi connectivity index (χ0v) is 18.4. The number of aromatic amines is 1. The number of hydrogen-bond donors (Lipinski definition) is 1. The first-order valence-electron chi connectivity index (χ1n) is 10.7. The Kier molecular flexibility index (Phi) is 6.47. The van der Waals surface area contributed by atoms with Gasteiger partial charge in [0.2, 0.25) is 0 Å². The largest absolute Gasteiger partial charge is 0.493 e. The van der Waals surface area contributed by atoms with Crippen LogP contribution in [0.25, 0.3) is 10.9 Å². The van der Waals surface area contributed by atoms with Crippen molar-refractivity contribution in [2.45, 2.75) is 31.7 Å². The van der Waals surface area contributed by atoms with Crippen LogP contribution in [0.5, 0.6) is 11.5 Å². The molecule has 2 heterocycles. The van der Waals surface area contributed by atoms with Crippen LogP contribution in [0, 0.1) is 0 Å². The number of carbonyl (C=O) groups excluding carboxylic acids is 1. The van der Waals surface area contributed by atoms with Gasteiger partial charge >= 0.3 is 5.97 Å². The molecule has 31 heavy (non-hydrogen) atoms. The van der Waals surface area contributed by atoms with Gasteiger partial charge in [0, 0.05) is 29.7 Å². The van der Waals surface area contributed by atoms with Crippen molar-refractivity contribution in [1.82, 2.24) is 9.88 Å². The predicted octanol–water partition coefficient (Wildman–Crippen LogP) is 4.28. The number of carbonyl (C=O) groups is 1. The molecule has 1 aliphatic rings. The smallest absolute Gasteiger partial charge is 0.319 e. The highest BCUT2D eigenvalue weighted by Gasteiger charge is 2.30. The molecule has 164 valence electrons. The Bertz CT molecular complexity index is 1060. The topological polar surface area (TPSA) is 63.8 Å². The summed E-state index contributed by atoms with van der Waals surface area (Å²) < 4.78 is 16.0. The van der Waals surface area contributed by atoms with Crippen molar-refractivity contribution in [2.24, 2.45) is 0 Å². The van der Waals surface area contributed by atoms with Crippen molar-refractivity contribution in [3.8, 4) is 11.5 Å². The Morgan fingerprint density at radius 3 is 2.68 bits per heavy atom. The van der Waals surface area contributed by atoms with Crippen LogP contribution in [-0.4, -0.2) is 50.3 Å². The fourth-order valence-electron chi connectivity index (χ4n) is 4.66. The molecular formula is C25H30N2O4. The Balaban J connectivity index is 1.57. The molecule has 1 atom stereocenters. The van der Waals surface area contributed by atoms with E-state index in [1.165, 1.54) is 34.7 Å². The average molecular weight is 423 g/mol. The number of hydrogen-bond acceptors (Lipinski definition) is 5. The summed E-state index contributed by atoms with van der Waals surface area (Å²) in [5, 5.41) is 1.28. The SMILES string of the molecule is COC(=O)CN1CCc2cc(OC)c(OC)cc2[C@@H]1CCCc1c[nH]c2ccccc12. The van der Waals surface area contributed by atoms with Gasteiger partial charge in [0.25, 0.3) is 0 Å². The van der Waals surface area contributed by atoms with Gasteiger partial charge in [-0.2, -0.15) is 0 Å². The van der Waals surface area contributed by atoms with Crippen LogP contribution in [0.1, 0.15) is 35.6 Å². The molecule has 1 aromatic heterocycles. The van der Waals surface area contributed by atoms with Crippen molar-refractivity contribution in [2.75, 3.05) is 34.4 Å². The first kappa shape index (κ1) is 21.2. The summed E-state index contributed by atoms with van der Waals surface area (Å²) in [5.74, 6) is 1.27. The van der Waals surface area contributed by atoms with Crippen molar-refractivity contribution >= 4 is 16.9 Å². The monoisotopic (exact) mass is 422 g/mol. The predicted molar refractivity (Wildman–Crippen MR) is 121 cm³/mol. The molecule has 3 aromatic rings. The number of esters is 1. The maximum atomic E-state index is 12.1. The molecule has 0 unspecified atom stereocenters. The number of benzene rings is 2. The normalized spacial score (nSPS) is 16.2. The molecule has 1 N–H and O–H groups in total. The van der Waals surface area contributed by atoms with Crippen LogP contribution in [0.15, 0.2) is 42.6 Å². The number of methoxy groups -OCH3 is 3. The second-order valence-electron chi connectivity index (χ2n) is 7.97. The lowest BCUT2D eigenvalue weighted by Gasteiger charge is -2.37. The van der Waals surface area contributed by atoms with Gasteiger partial charge in [0.15, 0.2) is 11.5 Å². The van der Waals surface area contributed by atoms with E-state index in [2.05, 4.69) is 46.4 Å². The summed E-state index contributed by atoms with van der Waals surface area (Å²) in [6.07, 6.45) is 5.91. The lowest BCUT2D eigenvalue weighted by atomic mass is 9.88. The third kappa shape index (κ3) is 4.39. The number of ether oxygens (including phenoxy) is 3. The highest BCUT2D eigenvalue weighted by atomic mass is 16.5. The Hall–Kier alpha value is -2.99. The molecule has 1 aliphatic heterocycles. The van der Waals surface area contributed by atoms with Crippen molar-refractivity contribution in [1.29, 1.82) is 0 Å². The second-order valence-corrected chi connectivity index (χ2v) is 7.97. The summed E-state index contributed by atoms with van der Waals surface area (Å²) in [7, 11) is 4.76. The quantitative estimate of drug-likeness (QED) is 0.549. The second kappa shape index (κ2) is 9.43. The molecule has 6 nitrogen and oxygen atoms in total. The summed E-state index contributed by atoms with van der Waals surface area (Å²) in [4.78, 5) is 17.6. The van der Waals surface area contributed by atoms with Gasteiger partial charge in [0.05, 0.1) is 27.9 Å². The fourth-order valence-corrected chi connectivity index (χ4v) is 4.66. The van der Waals surface area contributed by atoms with E-state index in [-0.39, 0.29) is 12.0 Å². The van der Waals surface area contributed by atoms with E-state index in [1.807, 2.05) is 6.07 Å². The van der Waals surface area contributed by atoms with Crippen LogP contribution in [0.3, 0.4) is 0 Å². The van der Waals surface area contributed by atoms with E-state index in [4.69, 9.17) is 14.2 Å². The standard InChI is InChI=1S/C25H30N2O4/c1-29-23-13-17-11-12-27(16-25(28)31-3)22(20(17)14-24(23)30-2)10-6-7-18-15-26-21-9-5-4-8-19(18)21/h4-5,8-9,13-15,22,26H,6-7,10-12,16H2,1-3H3/t22-/m0/s1. The van der Waals surface area contributed by atoms with Crippen molar-refractivity contribution < 1.29 is 19.0 Å². The van der Waals surface area contributed by atoms with Gasteiger partial charge in [0.1, 0.15) is 0 Å². The first-order chi connectivity index (χ1) is 15.1. The fraction of sp³-hybridized carbons (Fsp3) is 0.400. The van der Waals surface area contributed by atoms with E-state index in [0.29, 0.717) is 6.54 Å². The van der Waals surface area contributed by atoms with Crippen LogP contribution in [-0.2, 0) is 22.4 Å². The third-order valence-electron chi connectivity index (χ3n) is 6.27. The molecule has 0 saturated heterocycles. The summed E-state index contributed by atoms with van der Waals surface area (Å²) >= 11 is 0. The molecule has 0 saturated carbocycles. The van der Waals surface area contributed by atoms with E-state index < -0.39 is 0 Å². The summed E-state index contributed by atoms with van der Waals surface area (Å²) in [6, 6.07) is 12.7. The van der Waals surface area contributed by atoms with Gasteiger partial charge in [-0.15, -0.1) is 0 Å². The van der Waals surface area contributed by atoms with Crippen molar-refractivity contribution in [3.63, 3.8) is 0 Å². The minimum absolute atomic E-state index is 0.132. The lowest BCUT2D eigenvalue weighted by molar-refractivity contribution is -0.142. The maximum Gasteiger partial charge on any atom is 0.319 e. The molecule has 6 heteroatoms. The number of rotatable bonds is 8. The maximum absolute atomic E-state index is 12.1. The minimum Gasteiger partial charge on any atom is -0.493 e. The van der Waals surface area contributed by atoms with Gasteiger partial charge in [-0.3, -0.25) is 9.69 Å². The summed E-state index contributed by atoms with van der Waals surface area (Å²) in [5.41, 5.74) is 4.98.